The molecule has 12 nitrogen and oxygen atoms in total. The molecule has 106 heavy (non-hydrogen) atoms. The van der Waals surface area contributed by atoms with Crippen molar-refractivity contribution in [3.05, 3.63) is 348 Å². The summed E-state index contributed by atoms with van der Waals surface area (Å²) in [4.78, 5) is 8.90. The number of nitrogens with zero attached hydrogens (tertiary/aromatic N) is 4. The molecule has 0 bridgehead atoms. The lowest BCUT2D eigenvalue weighted by Crippen LogP contribution is -2.09. The Labute approximate surface area is 621 Å². The smallest absolute Gasteiger partial charge is 0.119 e. The number of ether oxygens (including phenoxy) is 8. The highest BCUT2D eigenvalue weighted by atomic mass is 16.5. The first-order valence-electron chi connectivity index (χ1n) is 34.7. The molecule has 0 fully saturated rings. The first-order valence-corrected chi connectivity index (χ1v) is 34.7. The van der Waals surface area contributed by atoms with E-state index in [0.29, 0.717) is 0 Å². The summed E-state index contributed by atoms with van der Waals surface area (Å²) in [5.74, 6) is 6.26. The molecular formula is C94H82N4O8. The summed E-state index contributed by atoms with van der Waals surface area (Å²) in [5, 5.41) is 0. The van der Waals surface area contributed by atoms with E-state index in [-0.39, 0.29) is 0 Å². The van der Waals surface area contributed by atoms with Crippen LogP contribution in [-0.4, -0.2) is 56.9 Å². The quantitative estimate of drug-likeness (QED) is 0.0438. The van der Waals surface area contributed by atoms with Gasteiger partial charge in [0.2, 0.25) is 0 Å². The number of hydrogen-bond donors (Lipinski definition) is 0. The Hall–Kier alpha value is -13.6. The minimum absolute atomic E-state index is 0.782. The lowest BCUT2D eigenvalue weighted by atomic mass is 9.95. The molecule has 0 aromatic heterocycles. The highest BCUT2D eigenvalue weighted by Gasteiger charge is 2.19. The van der Waals surface area contributed by atoms with Crippen LogP contribution in [0.2, 0.25) is 0 Å². The van der Waals surface area contributed by atoms with Gasteiger partial charge in [0.1, 0.15) is 46.0 Å². The van der Waals surface area contributed by atoms with E-state index in [0.717, 1.165) is 159 Å². The zero-order valence-electron chi connectivity index (χ0n) is 60.5. The molecule has 0 saturated carbocycles. The summed E-state index contributed by atoms with van der Waals surface area (Å²) in [7, 11) is 13.5. The van der Waals surface area contributed by atoms with Gasteiger partial charge in [-0.05, 0) is 299 Å². The van der Waals surface area contributed by atoms with Crippen molar-refractivity contribution >= 4 is 117 Å². The molecule has 0 heterocycles. The van der Waals surface area contributed by atoms with Gasteiger partial charge < -0.3 is 57.5 Å². The fraction of sp³-hybridized carbons (Fsp3) is 0.0851. The molecule has 0 atom stereocenters. The molecular weight excluding hydrogens is 1310 g/mol. The lowest BCUT2D eigenvalue weighted by molar-refractivity contribution is 0.414. The summed E-state index contributed by atoms with van der Waals surface area (Å²) in [6.07, 6.45) is 17.6. The van der Waals surface area contributed by atoms with Crippen molar-refractivity contribution in [3.63, 3.8) is 0 Å². The molecule has 0 aliphatic rings. The van der Waals surface area contributed by atoms with Gasteiger partial charge in [-0.25, -0.2) is 0 Å². The predicted molar refractivity (Wildman–Crippen MR) is 439 cm³/mol. The first-order chi connectivity index (χ1) is 52.1. The number of anilines is 12. The third-order valence-corrected chi connectivity index (χ3v) is 18.4. The first kappa shape index (κ1) is 70.8. The summed E-state index contributed by atoms with van der Waals surface area (Å²) in [6.45, 7) is 0. The molecule has 0 aliphatic heterocycles. The zero-order valence-corrected chi connectivity index (χ0v) is 60.5. The van der Waals surface area contributed by atoms with Gasteiger partial charge in [0.05, 0.1) is 56.9 Å². The Kier molecular flexibility index (Phi) is 22.7. The minimum Gasteiger partial charge on any atom is -0.497 e. The summed E-state index contributed by atoms with van der Waals surface area (Å²) < 4.78 is 44.5. The van der Waals surface area contributed by atoms with Gasteiger partial charge in [-0.15, -0.1) is 0 Å². The Morgan fingerprint density at radius 2 is 0.264 bits per heavy atom. The van der Waals surface area contributed by atoms with E-state index in [1.54, 1.807) is 56.9 Å². The van der Waals surface area contributed by atoms with E-state index in [2.05, 4.69) is 274 Å². The summed E-state index contributed by atoms with van der Waals surface area (Å²) in [6, 6.07) is 104. The second-order valence-electron chi connectivity index (χ2n) is 24.7. The molecule has 13 aromatic rings. The molecule has 0 amide bonds. The van der Waals surface area contributed by atoms with E-state index in [4.69, 9.17) is 37.9 Å². The third kappa shape index (κ3) is 17.0. The zero-order chi connectivity index (χ0) is 73.1. The average Bonchev–Trinajstić information content (AvgIpc) is 0.824. The predicted octanol–water partition coefficient (Wildman–Crippen LogP) is 24.3. The SMILES string of the molecule is COc1ccc(N(c2ccc(C=Cc3cc(C=Cc4ccc(N(c5ccc(OC)cc5)c5ccc(OC)cc5)cc4)c(C=Cc4ccc(N(c5ccc(OC)cc5)c5ccc(OC)cc5)cc4)cc3C=Cc3ccc(N(c4ccc(OC)cc4)c4ccc(OC)cc4)cc3)cc2)c2ccc(OC)cc2)cc1. The molecule has 0 radical (unpaired) electrons. The van der Waals surface area contributed by atoms with Crippen molar-refractivity contribution in [2.45, 2.75) is 0 Å². The van der Waals surface area contributed by atoms with Gasteiger partial charge in [0, 0.05) is 68.2 Å². The topological polar surface area (TPSA) is 86.8 Å². The van der Waals surface area contributed by atoms with Crippen LogP contribution in [0.15, 0.2) is 303 Å². The van der Waals surface area contributed by atoms with Crippen LogP contribution in [0.25, 0.3) is 48.6 Å². The Balaban J connectivity index is 0.906. The van der Waals surface area contributed by atoms with Crippen LogP contribution in [0.3, 0.4) is 0 Å². The highest BCUT2D eigenvalue weighted by molar-refractivity contribution is 5.89. The van der Waals surface area contributed by atoms with E-state index in [1.165, 1.54) is 0 Å². The van der Waals surface area contributed by atoms with Crippen LogP contribution in [0.4, 0.5) is 68.2 Å². The molecule has 0 spiro atoms. The average molecular weight is 1400 g/mol. The van der Waals surface area contributed by atoms with Crippen molar-refractivity contribution < 1.29 is 37.9 Å². The van der Waals surface area contributed by atoms with Crippen LogP contribution < -0.4 is 57.5 Å². The lowest BCUT2D eigenvalue weighted by Gasteiger charge is -2.26. The molecule has 0 aliphatic carbocycles. The number of hydrogen-bond acceptors (Lipinski definition) is 12. The maximum Gasteiger partial charge on any atom is 0.119 e. The molecule has 13 rings (SSSR count). The van der Waals surface area contributed by atoms with Crippen molar-refractivity contribution in [3.8, 4) is 46.0 Å². The summed E-state index contributed by atoms with van der Waals surface area (Å²) in [5.41, 5.74) is 20.0. The second-order valence-corrected chi connectivity index (χ2v) is 24.7. The van der Waals surface area contributed by atoms with E-state index in [1.807, 2.05) is 97.1 Å². The van der Waals surface area contributed by atoms with Crippen molar-refractivity contribution in [2.75, 3.05) is 76.5 Å². The van der Waals surface area contributed by atoms with Crippen LogP contribution in [0.5, 0.6) is 46.0 Å². The van der Waals surface area contributed by atoms with Gasteiger partial charge >= 0.3 is 0 Å². The van der Waals surface area contributed by atoms with Crippen LogP contribution in [0.1, 0.15) is 44.5 Å². The van der Waals surface area contributed by atoms with Crippen molar-refractivity contribution in [2.24, 2.45) is 0 Å². The third-order valence-electron chi connectivity index (χ3n) is 18.4. The fourth-order valence-electron chi connectivity index (χ4n) is 12.6. The van der Waals surface area contributed by atoms with Gasteiger partial charge in [0.15, 0.2) is 0 Å². The van der Waals surface area contributed by atoms with E-state index >= 15 is 0 Å². The molecule has 0 unspecified atom stereocenters. The highest BCUT2D eigenvalue weighted by Crippen LogP contribution is 2.42. The minimum atomic E-state index is 0.782. The van der Waals surface area contributed by atoms with Gasteiger partial charge in [-0.1, -0.05) is 97.1 Å². The monoisotopic (exact) mass is 1390 g/mol. The van der Waals surface area contributed by atoms with Gasteiger partial charge in [-0.2, -0.15) is 0 Å². The molecule has 0 saturated heterocycles. The van der Waals surface area contributed by atoms with Gasteiger partial charge in [0.25, 0.3) is 0 Å². The molecule has 12 heteroatoms. The molecule has 13 aromatic carbocycles. The summed E-state index contributed by atoms with van der Waals surface area (Å²) >= 11 is 0. The van der Waals surface area contributed by atoms with Gasteiger partial charge in [-0.3, -0.25) is 0 Å². The van der Waals surface area contributed by atoms with E-state index < -0.39 is 0 Å². The van der Waals surface area contributed by atoms with Crippen LogP contribution in [-0.2, 0) is 0 Å². The number of benzene rings is 13. The van der Waals surface area contributed by atoms with E-state index in [9.17, 15) is 0 Å². The Bertz CT molecular complexity index is 4280. The largest absolute Gasteiger partial charge is 0.497 e. The molecule has 526 valence electrons. The maximum atomic E-state index is 5.56. The number of rotatable bonds is 28. The van der Waals surface area contributed by atoms with Crippen LogP contribution in [0, 0.1) is 0 Å². The normalized spacial score (nSPS) is 11.2. The van der Waals surface area contributed by atoms with Crippen LogP contribution >= 0.6 is 0 Å². The standard InChI is InChI=1S/C94H82N4O8/c1-99-87-49-33-79(34-50-87)95(80-35-51-88(100-2)52-36-80)75-25-13-67(14-26-75)9-21-71-65-73(23-11-69-17-29-77(30-18-69)97(83-41-57-91(103-5)58-42-83)84-43-59-92(104-6)60-44-84)74(24-12-70-19-31-78(32-20-70)98(85-45-61-93(105-7)62-46-85)86-47-63-94(106-8)64-48-86)66-72(71)22-10-68-15-27-76(28-16-68)96(81-37-53-89(101-3)54-38-81)82-39-55-90(102-4)56-40-82/h9-66H,1-8H3. The van der Waals surface area contributed by atoms with Crippen molar-refractivity contribution in [1.29, 1.82) is 0 Å². The molecule has 0 N–H and O–H groups in total. The Morgan fingerprint density at radius 3 is 0.377 bits per heavy atom. The number of methoxy groups -OCH3 is 8. The second kappa shape index (κ2) is 33.9. The Morgan fingerprint density at radius 1 is 0.151 bits per heavy atom. The van der Waals surface area contributed by atoms with Crippen molar-refractivity contribution in [1.82, 2.24) is 0 Å². The maximum absolute atomic E-state index is 5.56. The fourth-order valence-corrected chi connectivity index (χ4v) is 12.6.